The molecular formula is C101H156N6Si3. The standard InChI is InChI=1S/C35H54N2Si.C34H52N2Si.C32H50N2Si/c1-24-32(36-20-14-15-21-36)28-23-31-27(26-18-12-13-19-30(26)35(31,5)6)22-29(28)33(24)38(7,8)37(34(2,3)4)25-16-10-9-11-17-25;1-33(2,3)36(24-15-9-8-10-16-24)37(6,7)32-23-31(35-19-13-14-20-35)27-22-30-26(21-28(27)32)25-17-11-12-18-29(25)34(30,4)5;1-31(2,3)34(22-15-11-10-12-16-22)35(8,9)30-21-29(33(6)7)25-20-28-24(19-26(25)30)23-17-13-14-18-27(23)32(28,4)5/h12-13,18-19,22-25,28-29,32-33H,9-11,14-17,20-21H2,1-8H3;11-12,17-18,21-22,24,27-28,31-32H,8-10,13-16,19-20,23H2,1-7H3;13-14,17-20,22,25-26,29-30H,10-12,15-16,21H2,1-9H3. The first-order valence-electron chi connectivity index (χ1n) is 46.0. The molecule has 14 aliphatic rings. The summed E-state index contributed by atoms with van der Waals surface area (Å²) >= 11 is 0. The molecule has 2 heterocycles. The highest BCUT2D eigenvalue weighted by molar-refractivity contribution is 6.77. The molecule has 0 N–H and O–H groups in total. The van der Waals surface area contributed by atoms with E-state index < -0.39 is 24.7 Å². The minimum Gasteiger partial charge on any atom is -0.316 e. The van der Waals surface area contributed by atoms with Gasteiger partial charge in [-0.2, -0.15) is 0 Å². The van der Waals surface area contributed by atoms with Crippen LogP contribution in [0.25, 0.3) is 16.7 Å². The molecule has 13 atom stereocenters. The van der Waals surface area contributed by atoms with Crippen molar-refractivity contribution in [2.75, 3.05) is 40.3 Å². The minimum atomic E-state index is -1.83. The molecule has 9 heteroatoms. The molecule has 0 radical (unpaired) electrons. The van der Waals surface area contributed by atoms with Gasteiger partial charge >= 0.3 is 0 Å². The number of nitrogens with zero attached hydrogens (tertiary/aromatic N) is 6. The molecule has 3 aromatic rings. The number of benzene rings is 3. The molecule has 6 nitrogen and oxygen atoms in total. The van der Waals surface area contributed by atoms with Crippen LogP contribution in [-0.4, -0.2) is 146 Å². The first-order chi connectivity index (χ1) is 51.8. The Morgan fingerprint density at radius 3 is 1.07 bits per heavy atom. The van der Waals surface area contributed by atoms with E-state index in [2.05, 4.69) is 302 Å². The smallest absolute Gasteiger partial charge is 0.127 e. The molecule has 0 bridgehead atoms. The third-order valence-electron chi connectivity index (χ3n) is 33.1. The Labute approximate surface area is 677 Å². The van der Waals surface area contributed by atoms with Gasteiger partial charge in [-0.25, -0.2) is 0 Å². The fourth-order valence-electron chi connectivity index (χ4n) is 29.6. The largest absolute Gasteiger partial charge is 0.316 e. The van der Waals surface area contributed by atoms with Gasteiger partial charge in [0.2, 0.25) is 0 Å². The van der Waals surface area contributed by atoms with E-state index in [0.717, 1.165) is 46.7 Å². The van der Waals surface area contributed by atoms with Gasteiger partial charge < -0.3 is 18.6 Å². The lowest BCUT2D eigenvalue weighted by Crippen LogP contribution is -2.65. The number of allylic oxidation sites excluding steroid dienone is 9. The van der Waals surface area contributed by atoms with Crippen molar-refractivity contribution in [3.8, 4) is 0 Å². The third kappa shape index (κ3) is 14.1. The van der Waals surface area contributed by atoms with Crippen LogP contribution in [0.3, 0.4) is 0 Å². The predicted molar refractivity (Wildman–Crippen MR) is 482 cm³/mol. The Hall–Kier alpha value is -3.49. The number of rotatable bonds is 12. The summed E-state index contributed by atoms with van der Waals surface area (Å²) in [6, 6.07) is 32.2. The van der Waals surface area contributed by atoms with E-state index in [9.17, 15) is 0 Å². The van der Waals surface area contributed by atoms with Crippen LogP contribution in [0, 0.1) is 41.4 Å². The molecule has 0 aromatic heterocycles. The zero-order chi connectivity index (χ0) is 78.5. The van der Waals surface area contributed by atoms with Crippen molar-refractivity contribution in [1.29, 1.82) is 0 Å². The van der Waals surface area contributed by atoms with Crippen LogP contribution < -0.4 is 0 Å². The number of fused-ring (bicyclic) bond motifs is 12. The molecule has 6 saturated carbocycles. The topological polar surface area (TPSA) is 19.4 Å². The average Bonchev–Trinajstić information content (AvgIpc) is 1.55. The zero-order valence-corrected chi connectivity index (χ0v) is 77.5. The highest BCUT2D eigenvalue weighted by Crippen LogP contribution is 2.66. The monoisotopic (exact) mass is 1540 g/mol. The quantitative estimate of drug-likeness (QED) is 0.167. The van der Waals surface area contributed by atoms with E-state index in [1.807, 2.05) is 0 Å². The lowest BCUT2D eigenvalue weighted by Gasteiger charge is -2.56. The summed E-state index contributed by atoms with van der Waals surface area (Å²) in [6.07, 6.45) is 46.4. The van der Waals surface area contributed by atoms with Gasteiger partial charge in [-0.15, -0.1) is 0 Å². The van der Waals surface area contributed by atoms with E-state index in [1.54, 1.807) is 33.4 Å². The van der Waals surface area contributed by atoms with E-state index in [-0.39, 0.29) is 32.9 Å². The van der Waals surface area contributed by atoms with E-state index in [0.29, 0.717) is 47.6 Å². The lowest BCUT2D eigenvalue weighted by atomic mass is 9.75. The second-order valence-corrected chi connectivity index (χ2v) is 58.6. The molecule has 13 unspecified atom stereocenters. The van der Waals surface area contributed by atoms with Crippen molar-refractivity contribution in [2.24, 2.45) is 41.4 Å². The minimum absolute atomic E-state index is 0.106. The summed E-state index contributed by atoms with van der Waals surface area (Å²) in [4.78, 5) is 8.39. The normalized spacial score (nSPS) is 32.2. The maximum Gasteiger partial charge on any atom is 0.127 e. The van der Waals surface area contributed by atoms with Crippen LogP contribution in [0.5, 0.6) is 0 Å². The summed E-state index contributed by atoms with van der Waals surface area (Å²) in [5.41, 5.74) is 22.1. The van der Waals surface area contributed by atoms with Gasteiger partial charge in [0.25, 0.3) is 0 Å². The van der Waals surface area contributed by atoms with Crippen LogP contribution >= 0.6 is 0 Å². The molecule has 2 saturated heterocycles. The zero-order valence-electron chi connectivity index (χ0n) is 74.5. The molecule has 17 rings (SSSR count). The molecule has 0 spiro atoms. The fourth-order valence-corrected chi connectivity index (χ4v) is 46.3. The molecule has 8 fully saturated rings. The Balaban J connectivity index is 0.000000131. The van der Waals surface area contributed by atoms with Crippen molar-refractivity contribution in [3.05, 3.63) is 159 Å². The Morgan fingerprint density at radius 2 is 0.691 bits per heavy atom. The lowest BCUT2D eigenvalue weighted by molar-refractivity contribution is 0.136. The summed E-state index contributed by atoms with van der Waals surface area (Å²) in [7, 11) is -0.690. The summed E-state index contributed by atoms with van der Waals surface area (Å²) in [6.45, 7) is 61.9. The van der Waals surface area contributed by atoms with Crippen molar-refractivity contribution in [2.45, 2.75) is 371 Å². The molecular weight excluding hydrogens is 1380 g/mol. The maximum absolute atomic E-state index is 3.16. The van der Waals surface area contributed by atoms with Crippen molar-refractivity contribution < 1.29 is 0 Å². The molecule has 3 aromatic carbocycles. The van der Waals surface area contributed by atoms with Gasteiger partial charge in [-0.3, -0.25) is 9.80 Å². The van der Waals surface area contributed by atoms with Gasteiger partial charge in [0.05, 0.1) is 0 Å². The summed E-state index contributed by atoms with van der Waals surface area (Å²) < 4.78 is 9.43. The third-order valence-corrected chi connectivity index (χ3v) is 47.3. The van der Waals surface area contributed by atoms with Gasteiger partial charge in [-0.05, 0) is 305 Å². The van der Waals surface area contributed by atoms with Crippen LogP contribution in [0.2, 0.25) is 55.9 Å². The molecule has 110 heavy (non-hydrogen) atoms. The van der Waals surface area contributed by atoms with E-state index in [4.69, 9.17) is 0 Å². The molecule has 2 aliphatic heterocycles. The first-order valence-corrected chi connectivity index (χ1v) is 55.0. The number of likely N-dealkylation sites (tertiary alicyclic amines) is 2. The van der Waals surface area contributed by atoms with Gasteiger partial charge in [-0.1, -0.05) is 255 Å². The predicted octanol–water partition coefficient (Wildman–Crippen LogP) is 24.9. The second kappa shape index (κ2) is 30.1. The maximum atomic E-state index is 3.16. The van der Waals surface area contributed by atoms with Crippen LogP contribution in [0.15, 0.2) is 126 Å². The van der Waals surface area contributed by atoms with Gasteiger partial charge in [0.1, 0.15) is 24.7 Å². The Kier molecular flexibility index (Phi) is 22.4. The second-order valence-electron chi connectivity index (χ2n) is 45.1. The molecule has 12 aliphatic carbocycles. The highest BCUT2D eigenvalue weighted by Gasteiger charge is 2.63. The van der Waals surface area contributed by atoms with E-state index >= 15 is 0 Å². The van der Waals surface area contributed by atoms with Crippen LogP contribution in [-0.2, 0) is 16.2 Å². The van der Waals surface area contributed by atoms with Crippen molar-refractivity contribution >= 4 is 41.4 Å². The Morgan fingerprint density at radius 1 is 0.364 bits per heavy atom. The van der Waals surface area contributed by atoms with Crippen LogP contribution in [0.4, 0.5) is 0 Å². The highest BCUT2D eigenvalue weighted by atomic mass is 28.3. The number of hydrogen-bond acceptors (Lipinski definition) is 6. The average molecular weight is 1540 g/mol. The Bertz CT molecular complexity index is 4020. The molecule has 602 valence electrons. The first kappa shape index (κ1) is 81.6. The fraction of sp³-hybridized carbons (Fsp3) is 0.703. The van der Waals surface area contributed by atoms with Crippen molar-refractivity contribution in [1.82, 2.24) is 28.4 Å². The van der Waals surface area contributed by atoms with Crippen molar-refractivity contribution in [3.63, 3.8) is 0 Å². The van der Waals surface area contributed by atoms with Gasteiger partial charge in [0, 0.05) is 69.1 Å². The summed E-state index contributed by atoms with van der Waals surface area (Å²) in [5, 5.41) is 0. The van der Waals surface area contributed by atoms with Crippen LogP contribution in [0.1, 0.15) is 279 Å². The van der Waals surface area contributed by atoms with Gasteiger partial charge in [0.15, 0.2) is 0 Å². The molecule has 0 amide bonds. The SMILES string of the molecule is CC1(C)C2=CC3C(C=C2c2ccccc21)C([Si](C)(C)N(C1CCCCC1)C(C)(C)C)CC3N1CCCC1.CC1C(N2CCCC2)C2C=C3C(=CC2C1[Si](C)(C)N(C1CCCCC1)C(C)(C)C)c1ccccc1C3(C)C.CN(C)C1CC([Si](C)(C)N(C2CCCCC2)C(C)(C)C)C2C=C3C(=CC21)C(C)(C)c1ccccc13. The van der Waals surface area contributed by atoms with E-state index in [1.165, 1.54) is 194 Å². The number of hydrogen-bond donors (Lipinski definition) is 0. The summed E-state index contributed by atoms with van der Waals surface area (Å²) in [5.74, 6) is 4.69.